The fraction of sp³-hybridized carbons (Fsp3) is 1.00. The molecular formula is C11H23NOS. The maximum atomic E-state index is 11.9. The zero-order chi connectivity index (χ0) is 10.7. The van der Waals surface area contributed by atoms with Crippen LogP contribution >= 0.6 is 0 Å². The van der Waals surface area contributed by atoms with Crippen molar-refractivity contribution in [2.45, 2.75) is 51.3 Å². The Kier molecular flexibility index (Phi) is 4.58. The summed E-state index contributed by atoms with van der Waals surface area (Å²) < 4.78 is 11.9. The summed E-state index contributed by atoms with van der Waals surface area (Å²) in [4.78, 5) is 0. The minimum Gasteiger partial charge on any atom is -0.327 e. The quantitative estimate of drug-likeness (QED) is 0.784. The molecule has 4 unspecified atom stereocenters. The van der Waals surface area contributed by atoms with Crippen LogP contribution in [-0.4, -0.2) is 21.3 Å². The van der Waals surface area contributed by atoms with E-state index < -0.39 is 10.8 Å². The number of hydrogen-bond acceptors (Lipinski definition) is 2. The summed E-state index contributed by atoms with van der Waals surface area (Å²) in [6.07, 6.45) is 3.55. The van der Waals surface area contributed by atoms with Crippen LogP contribution in [0.15, 0.2) is 0 Å². The van der Waals surface area contributed by atoms with Crippen molar-refractivity contribution in [2.24, 2.45) is 17.6 Å². The molecule has 1 aliphatic rings. The maximum absolute atomic E-state index is 11.9. The van der Waals surface area contributed by atoms with Gasteiger partial charge in [0.2, 0.25) is 0 Å². The Balaban J connectivity index is 2.46. The molecule has 1 fully saturated rings. The van der Waals surface area contributed by atoms with Gasteiger partial charge in [-0.3, -0.25) is 4.21 Å². The third-order valence-electron chi connectivity index (χ3n) is 2.93. The Hall–Kier alpha value is 0.110. The number of hydrogen-bond donors (Lipinski definition) is 1. The van der Waals surface area contributed by atoms with Crippen LogP contribution in [0.4, 0.5) is 0 Å². The first-order valence-corrected chi connectivity index (χ1v) is 7.00. The zero-order valence-corrected chi connectivity index (χ0v) is 10.3. The molecule has 1 saturated carbocycles. The van der Waals surface area contributed by atoms with Crippen LogP contribution in [0.5, 0.6) is 0 Å². The Morgan fingerprint density at radius 2 is 1.79 bits per heavy atom. The van der Waals surface area contributed by atoms with Gasteiger partial charge in [0.15, 0.2) is 0 Å². The summed E-state index contributed by atoms with van der Waals surface area (Å²) in [5.41, 5.74) is 5.68. The Morgan fingerprint density at radius 1 is 1.29 bits per heavy atom. The molecule has 4 atom stereocenters. The fourth-order valence-corrected chi connectivity index (χ4v) is 4.36. The van der Waals surface area contributed by atoms with E-state index in [1.54, 1.807) is 0 Å². The van der Waals surface area contributed by atoms with Crippen LogP contribution in [0.2, 0.25) is 0 Å². The minimum absolute atomic E-state index is 0.0726. The smallest absolute Gasteiger partial charge is 0.0386 e. The highest BCUT2D eigenvalue weighted by Crippen LogP contribution is 2.31. The molecule has 0 aromatic heterocycles. The number of nitrogens with two attached hydrogens (primary N) is 1. The molecule has 2 nitrogen and oxygen atoms in total. The summed E-state index contributed by atoms with van der Waals surface area (Å²) in [5.74, 6) is 2.14. The van der Waals surface area contributed by atoms with Crippen molar-refractivity contribution in [2.75, 3.05) is 5.75 Å². The normalized spacial score (nSPS) is 37.9. The van der Waals surface area contributed by atoms with Gasteiger partial charge in [-0.1, -0.05) is 13.8 Å². The first-order valence-electron chi connectivity index (χ1n) is 5.61. The molecule has 0 bridgehead atoms. The zero-order valence-electron chi connectivity index (χ0n) is 9.53. The summed E-state index contributed by atoms with van der Waals surface area (Å²) in [5, 5.41) is 0.403. The van der Waals surface area contributed by atoms with Crippen molar-refractivity contribution in [1.29, 1.82) is 0 Å². The van der Waals surface area contributed by atoms with Crippen LogP contribution in [0.1, 0.15) is 40.0 Å². The van der Waals surface area contributed by atoms with Crippen LogP contribution < -0.4 is 5.73 Å². The molecule has 0 spiro atoms. The lowest BCUT2D eigenvalue weighted by atomic mass is 9.83. The van der Waals surface area contributed by atoms with Gasteiger partial charge in [-0.2, -0.15) is 0 Å². The summed E-state index contributed by atoms with van der Waals surface area (Å²) in [6, 6.07) is 0.0726. The monoisotopic (exact) mass is 217 g/mol. The van der Waals surface area contributed by atoms with E-state index in [4.69, 9.17) is 5.73 Å². The Morgan fingerprint density at radius 3 is 2.21 bits per heavy atom. The molecule has 0 radical (unpaired) electrons. The topological polar surface area (TPSA) is 43.1 Å². The highest BCUT2D eigenvalue weighted by atomic mass is 32.2. The van der Waals surface area contributed by atoms with Gasteiger partial charge in [0, 0.05) is 27.8 Å². The van der Waals surface area contributed by atoms with E-state index in [-0.39, 0.29) is 6.04 Å². The number of rotatable bonds is 3. The Bertz CT molecular complexity index is 195. The third kappa shape index (κ3) is 3.70. The molecule has 84 valence electrons. The van der Waals surface area contributed by atoms with Gasteiger partial charge in [-0.05, 0) is 38.0 Å². The largest absolute Gasteiger partial charge is 0.327 e. The lowest BCUT2D eigenvalue weighted by Gasteiger charge is -2.31. The standard InChI is InChI=1S/C11H23NOS/c1-8-4-9(2)6-11(5-8)14(13)7-10(3)12/h8-11H,4-7,12H2,1-3H3. The third-order valence-corrected chi connectivity index (χ3v) is 4.92. The average molecular weight is 217 g/mol. The highest BCUT2D eigenvalue weighted by molar-refractivity contribution is 7.85. The van der Waals surface area contributed by atoms with E-state index in [2.05, 4.69) is 13.8 Å². The predicted octanol–water partition coefficient (Wildman–Crippen LogP) is 1.91. The van der Waals surface area contributed by atoms with Crippen molar-refractivity contribution in [3.05, 3.63) is 0 Å². The molecule has 0 saturated heterocycles. The molecule has 0 aromatic rings. The fourth-order valence-electron chi connectivity index (χ4n) is 2.48. The average Bonchev–Trinajstić information content (AvgIpc) is 2.00. The second-order valence-corrected chi connectivity index (χ2v) is 6.83. The lowest BCUT2D eigenvalue weighted by molar-refractivity contribution is 0.305. The van der Waals surface area contributed by atoms with Gasteiger partial charge in [0.25, 0.3) is 0 Å². The van der Waals surface area contributed by atoms with Gasteiger partial charge < -0.3 is 5.73 Å². The lowest BCUT2D eigenvalue weighted by Crippen LogP contribution is -2.33. The van der Waals surface area contributed by atoms with Gasteiger partial charge >= 0.3 is 0 Å². The summed E-state index contributed by atoms with van der Waals surface area (Å²) in [6.45, 7) is 6.48. The molecule has 0 aromatic carbocycles. The molecule has 1 rings (SSSR count). The van der Waals surface area contributed by atoms with Crippen molar-refractivity contribution in [3.63, 3.8) is 0 Å². The molecule has 3 heteroatoms. The van der Waals surface area contributed by atoms with E-state index in [0.717, 1.165) is 24.7 Å². The highest BCUT2D eigenvalue weighted by Gasteiger charge is 2.28. The van der Waals surface area contributed by atoms with Crippen molar-refractivity contribution >= 4 is 10.8 Å². The molecule has 0 heterocycles. The van der Waals surface area contributed by atoms with E-state index in [1.165, 1.54) is 6.42 Å². The van der Waals surface area contributed by atoms with E-state index in [0.29, 0.717) is 11.0 Å². The molecule has 2 N–H and O–H groups in total. The maximum Gasteiger partial charge on any atom is 0.0386 e. The molecule has 0 aliphatic heterocycles. The molecule has 14 heavy (non-hydrogen) atoms. The second kappa shape index (κ2) is 5.26. The van der Waals surface area contributed by atoms with Crippen LogP contribution in [0.3, 0.4) is 0 Å². The van der Waals surface area contributed by atoms with Crippen molar-refractivity contribution < 1.29 is 4.21 Å². The van der Waals surface area contributed by atoms with Gasteiger partial charge in [0.1, 0.15) is 0 Å². The Labute approximate surface area is 90.1 Å². The van der Waals surface area contributed by atoms with E-state index >= 15 is 0 Å². The van der Waals surface area contributed by atoms with Gasteiger partial charge in [-0.15, -0.1) is 0 Å². The molecular weight excluding hydrogens is 194 g/mol. The van der Waals surface area contributed by atoms with Crippen LogP contribution in [0, 0.1) is 11.8 Å². The van der Waals surface area contributed by atoms with Crippen molar-refractivity contribution in [3.8, 4) is 0 Å². The molecule has 0 amide bonds. The summed E-state index contributed by atoms with van der Waals surface area (Å²) >= 11 is 0. The minimum atomic E-state index is -0.703. The second-order valence-electron chi connectivity index (χ2n) is 5.06. The predicted molar refractivity (Wildman–Crippen MR) is 62.6 cm³/mol. The van der Waals surface area contributed by atoms with Crippen LogP contribution in [0.25, 0.3) is 0 Å². The van der Waals surface area contributed by atoms with E-state index in [1.807, 2.05) is 6.92 Å². The molecule has 1 aliphatic carbocycles. The first-order chi connectivity index (χ1) is 6.49. The van der Waals surface area contributed by atoms with Gasteiger partial charge in [0.05, 0.1) is 0 Å². The summed E-state index contributed by atoms with van der Waals surface area (Å²) in [7, 11) is -0.703. The first kappa shape index (κ1) is 12.2. The van der Waals surface area contributed by atoms with E-state index in [9.17, 15) is 4.21 Å². The van der Waals surface area contributed by atoms with Crippen LogP contribution in [-0.2, 0) is 10.8 Å². The SMILES string of the molecule is CC(N)CS(=O)C1CC(C)CC(C)C1. The van der Waals surface area contributed by atoms with Gasteiger partial charge in [-0.25, -0.2) is 0 Å². The van der Waals surface area contributed by atoms with Crippen molar-refractivity contribution in [1.82, 2.24) is 0 Å².